The Morgan fingerprint density at radius 2 is 1.28 bits per heavy atom. The van der Waals surface area contributed by atoms with Gasteiger partial charge in [0.05, 0.1) is 12.8 Å². The van der Waals surface area contributed by atoms with Crippen molar-refractivity contribution >= 4 is 23.3 Å². The van der Waals surface area contributed by atoms with Crippen molar-refractivity contribution in [1.82, 2.24) is 5.32 Å². The zero-order valence-electron chi connectivity index (χ0n) is 20.1. The van der Waals surface area contributed by atoms with Gasteiger partial charge in [0.1, 0.15) is 11.8 Å². The van der Waals surface area contributed by atoms with Gasteiger partial charge in [-0.25, -0.2) is 4.79 Å². The molecular formula is C30H29N3O3. The van der Waals surface area contributed by atoms with Crippen LogP contribution >= 0.6 is 0 Å². The molecule has 1 unspecified atom stereocenters. The lowest BCUT2D eigenvalue weighted by molar-refractivity contribution is -0.117. The standard InChI is InChI=1S/C30H29N3O3/c1-36-28-19-11-10-18-26(28)32-30(35)33-27(21-23-14-6-3-7-15-23)29(34)31-25-17-9-8-16-24(25)20-22-12-4-2-5-13-22/h2-19,27H,20-21H2,1H3,(H,31,34)(H2,32,33,35). The fourth-order valence-electron chi connectivity index (χ4n) is 3.96. The van der Waals surface area contributed by atoms with Gasteiger partial charge in [-0.15, -0.1) is 0 Å². The van der Waals surface area contributed by atoms with Crippen LogP contribution < -0.4 is 20.7 Å². The monoisotopic (exact) mass is 479 g/mol. The third-order valence-electron chi connectivity index (χ3n) is 5.77. The van der Waals surface area contributed by atoms with Crippen molar-refractivity contribution in [3.8, 4) is 5.75 Å². The maximum Gasteiger partial charge on any atom is 0.320 e. The Balaban J connectivity index is 1.52. The van der Waals surface area contributed by atoms with Crippen molar-refractivity contribution < 1.29 is 14.3 Å². The van der Waals surface area contributed by atoms with Crippen LogP contribution in [0, 0.1) is 0 Å². The largest absolute Gasteiger partial charge is 0.495 e. The normalized spacial score (nSPS) is 11.2. The molecule has 0 spiro atoms. The summed E-state index contributed by atoms with van der Waals surface area (Å²) in [5, 5.41) is 8.66. The number of carbonyl (C=O) groups is 2. The molecule has 0 fully saturated rings. The number of hydrogen-bond donors (Lipinski definition) is 3. The van der Waals surface area contributed by atoms with Crippen molar-refractivity contribution in [2.75, 3.05) is 17.7 Å². The summed E-state index contributed by atoms with van der Waals surface area (Å²) in [6.45, 7) is 0. The number of carbonyl (C=O) groups excluding carboxylic acids is 2. The van der Waals surface area contributed by atoms with Crippen LogP contribution in [-0.2, 0) is 17.6 Å². The predicted molar refractivity (Wildman–Crippen MR) is 143 cm³/mol. The third kappa shape index (κ3) is 6.73. The molecule has 0 saturated carbocycles. The van der Waals surface area contributed by atoms with Crippen LogP contribution in [0.1, 0.15) is 16.7 Å². The molecular weight excluding hydrogens is 450 g/mol. The number of rotatable bonds is 9. The van der Waals surface area contributed by atoms with Gasteiger partial charge in [0, 0.05) is 12.1 Å². The topological polar surface area (TPSA) is 79.5 Å². The molecule has 0 aliphatic carbocycles. The molecule has 3 amide bonds. The van der Waals surface area contributed by atoms with E-state index in [0.717, 1.165) is 22.4 Å². The van der Waals surface area contributed by atoms with E-state index < -0.39 is 12.1 Å². The Morgan fingerprint density at radius 1 is 0.694 bits per heavy atom. The zero-order chi connectivity index (χ0) is 25.2. The molecule has 6 nitrogen and oxygen atoms in total. The van der Waals surface area contributed by atoms with Crippen LogP contribution in [0.5, 0.6) is 5.75 Å². The molecule has 0 aliphatic heterocycles. The highest BCUT2D eigenvalue weighted by Crippen LogP contribution is 2.23. The molecule has 182 valence electrons. The van der Waals surface area contributed by atoms with Gasteiger partial charge in [-0.3, -0.25) is 4.79 Å². The van der Waals surface area contributed by atoms with Crippen LogP contribution in [-0.4, -0.2) is 25.1 Å². The van der Waals surface area contributed by atoms with Gasteiger partial charge in [0.25, 0.3) is 0 Å². The van der Waals surface area contributed by atoms with Crippen LogP contribution in [0.2, 0.25) is 0 Å². The minimum Gasteiger partial charge on any atom is -0.495 e. The first-order valence-corrected chi connectivity index (χ1v) is 11.8. The second-order valence-electron chi connectivity index (χ2n) is 8.35. The highest BCUT2D eigenvalue weighted by Gasteiger charge is 2.23. The third-order valence-corrected chi connectivity index (χ3v) is 5.77. The molecule has 0 saturated heterocycles. The number of nitrogens with one attached hydrogen (secondary N) is 3. The highest BCUT2D eigenvalue weighted by molar-refractivity contribution is 6.00. The summed E-state index contributed by atoms with van der Waals surface area (Å²) in [4.78, 5) is 26.3. The average molecular weight is 480 g/mol. The summed E-state index contributed by atoms with van der Waals surface area (Å²) in [6.07, 6.45) is 1.02. The summed E-state index contributed by atoms with van der Waals surface area (Å²) < 4.78 is 5.31. The number of amides is 3. The maximum absolute atomic E-state index is 13.5. The van der Waals surface area contributed by atoms with E-state index in [-0.39, 0.29) is 5.91 Å². The van der Waals surface area contributed by atoms with E-state index in [1.165, 1.54) is 7.11 Å². The number of anilines is 2. The Bertz CT molecular complexity index is 1290. The Hall–Kier alpha value is -4.58. The number of urea groups is 1. The smallest absolute Gasteiger partial charge is 0.320 e. The fourth-order valence-corrected chi connectivity index (χ4v) is 3.96. The minimum atomic E-state index is -0.799. The first-order valence-electron chi connectivity index (χ1n) is 11.8. The maximum atomic E-state index is 13.5. The lowest BCUT2D eigenvalue weighted by Gasteiger charge is -2.20. The van der Waals surface area contributed by atoms with Gasteiger partial charge in [0.15, 0.2) is 0 Å². The second kappa shape index (κ2) is 12.2. The van der Waals surface area contributed by atoms with E-state index >= 15 is 0 Å². The van der Waals surface area contributed by atoms with Crippen molar-refractivity contribution in [1.29, 1.82) is 0 Å². The first kappa shape index (κ1) is 24.5. The van der Waals surface area contributed by atoms with E-state index in [4.69, 9.17) is 4.74 Å². The van der Waals surface area contributed by atoms with Crippen LogP contribution in [0.15, 0.2) is 109 Å². The van der Waals surface area contributed by atoms with Gasteiger partial charge in [-0.05, 0) is 41.3 Å². The molecule has 0 heterocycles. The molecule has 1 atom stereocenters. The van der Waals surface area contributed by atoms with E-state index in [1.807, 2.05) is 78.9 Å². The van der Waals surface area contributed by atoms with Gasteiger partial charge in [0.2, 0.25) is 5.91 Å². The van der Waals surface area contributed by atoms with Crippen LogP contribution in [0.4, 0.5) is 16.2 Å². The number of methoxy groups -OCH3 is 1. The molecule has 0 radical (unpaired) electrons. The lowest BCUT2D eigenvalue weighted by atomic mass is 10.0. The molecule has 6 heteroatoms. The lowest BCUT2D eigenvalue weighted by Crippen LogP contribution is -2.47. The number of hydrogen-bond acceptors (Lipinski definition) is 3. The van der Waals surface area contributed by atoms with Crippen molar-refractivity contribution in [3.05, 3.63) is 126 Å². The van der Waals surface area contributed by atoms with Gasteiger partial charge in [-0.1, -0.05) is 91.0 Å². The quantitative estimate of drug-likeness (QED) is 0.290. The summed E-state index contributed by atoms with van der Waals surface area (Å²) in [5.41, 5.74) is 4.32. The first-order chi connectivity index (χ1) is 17.6. The van der Waals surface area contributed by atoms with Crippen molar-refractivity contribution in [3.63, 3.8) is 0 Å². The van der Waals surface area contributed by atoms with Crippen LogP contribution in [0.3, 0.4) is 0 Å². The van der Waals surface area contributed by atoms with E-state index in [9.17, 15) is 9.59 Å². The average Bonchev–Trinajstić information content (AvgIpc) is 2.91. The molecule has 0 aromatic heterocycles. The summed E-state index contributed by atoms with van der Waals surface area (Å²) in [7, 11) is 1.54. The predicted octanol–water partition coefficient (Wildman–Crippen LogP) is 5.66. The van der Waals surface area contributed by atoms with Crippen molar-refractivity contribution in [2.24, 2.45) is 0 Å². The highest BCUT2D eigenvalue weighted by atomic mass is 16.5. The molecule has 0 aliphatic rings. The zero-order valence-corrected chi connectivity index (χ0v) is 20.1. The summed E-state index contributed by atoms with van der Waals surface area (Å²) >= 11 is 0. The van der Waals surface area contributed by atoms with E-state index in [2.05, 4.69) is 28.1 Å². The Labute approximate surface area is 211 Å². The minimum absolute atomic E-state index is 0.297. The SMILES string of the molecule is COc1ccccc1NC(=O)NC(Cc1ccccc1)C(=O)Nc1ccccc1Cc1ccccc1. The molecule has 4 rings (SSSR count). The Kier molecular flexibility index (Phi) is 8.33. The number of para-hydroxylation sites is 3. The molecule has 3 N–H and O–H groups in total. The Morgan fingerprint density at radius 3 is 1.97 bits per heavy atom. The van der Waals surface area contributed by atoms with Crippen molar-refractivity contribution in [2.45, 2.75) is 18.9 Å². The number of benzene rings is 4. The molecule has 4 aromatic carbocycles. The van der Waals surface area contributed by atoms with E-state index in [1.54, 1.807) is 18.2 Å². The molecule has 0 bridgehead atoms. The summed E-state index contributed by atoms with van der Waals surface area (Å²) in [5.74, 6) is 0.237. The summed E-state index contributed by atoms with van der Waals surface area (Å²) in [6, 6.07) is 33.2. The van der Waals surface area contributed by atoms with Gasteiger partial charge >= 0.3 is 6.03 Å². The van der Waals surface area contributed by atoms with Crippen LogP contribution in [0.25, 0.3) is 0 Å². The van der Waals surface area contributed by atoms with E-state index in [0.29, 0.717) is 24.3 Å². The van der Waals surface area contributed by atoms with Gasteiger partial charge < -0.3 is 20.7 Å². The number of ether oxygens (including phenoxy) is 1. The molecule has 36 heavy (non-hydrogen) atoms. The fraction of sp³-hybridized carbons (Fsp3) is 0.133. The van der Waals surface area contributed by atoms with Gasteiger partial charge in [-0.2, -0.15) is 0 Å². The molecule has 4 aromatic rings. The second-order valence-corrected chi connectivity index (χ2v) is 8.35.